The van der Waals surface area contributed by atoms with Gasteiger partial charge in [0.2, 0.25) is 10.0 Å². The zero-order valence-electron chi connectivity index (χ0n) is 14.8. The summed E-state index contributed by atoms with van der Waals surface area (Å²) in [6, 6.07) is 13.2. The second-order valence-corrected chi connectivity index (χ2v) is 10.5. The van der Waals surface area contributed by atoms with Crippen LogP contribution in [0.4, 0.5) is 0 Å². The third-order valence-corrected chi connectivity index (χ3v) is 6.90. The van der Waals surface area contributed by atoms with Crippen molar-refractivity contribution < 1.29 is 16.8 Å². The highest BCUT2D eigenvalue weighted by Gasteiger charge is 2.22. The fourth-order valence-corrected chi connectivity index (χ4v) is 4.34. The smallest absolute Gasteiger partial charge is 0.224 e. The van der Waals surface area contributed by atoms with Gasteiger partial charge in [-0.3, -0.25) is 0 Å². The number of hydrogen-bond donors (Lipinski definition) is 0. The number of benzene rings is 2. The van der Waals surface area contributed by atoms with E-state index >= 15 is 0 Å². The van der Waals surface area contributed by atoms with E-state index in [-0.39, 0.29) is 16.3 Å². The van der Waals surface area contributed by atoms with E-state index < -0.39 is 19.9 Å². The number of sulfonamides is 1. The molecule has 0 aromatic heterocycles. The average Bonchev–Trinajstić information content (AvgIpc) is 2.54. The Labute approximate surface area is 150 Å². The quantitative estimate of drug-likeness (QED) is 0.771. The first-order valence-electron chi connectivity index (χ1n) is 7.87. The van der Waals surface area contributed by atoms with Crippen molar-refractivity contribution in [3.8, 4) is 0 Å². The predicted molar refractivity (Wildman–Crippen MR) is 98.7 cm³/mol. The van der Waals surface area contributed by atoms with E-state index in [2.05, 4.69) is 13.8 Å². The molecule has 0 spiro atoms. The van der Waals surface area contributed by atoms with E-state index in [1.807, 2.05) is 24.3 Å². The number of hydrogen-bond acceptors (Lipinski definition) is 4. The van der Waals surface area contributed by atoms with Gasteiger partial charge in [0.05, 0.1) is 9.79 Å². The van der Waals surface area contributed by atoms with Gasteiger partial charge in [0.1, 0.15) is 0 Å². The molecule has 0 saturated heterocycles. The molecule has 0 aliphatic rings. The molecular weight excluding hydrogens is 358 g/mol. The highest BCUT2D eigenvalue weighted by atomic mass is 32.2. The van der Waals surface area contributed by atoms with Gasteiger partial charge in [0, 0.05) is 19.8 Å². The van der Waals surface area contributed by atoms with Crippen LogP contribution < -0.4 is 0 Å². The summed E-state index contributed by atoms with van der Waals surface area (Å²) in [5.41, 5.74) is 2.06. The largest absolute Gasteiger partial charge is 0.243 e. The van der Waals surface area contributed by atoms with E-state index in [0.29, 0.717) is 5.92 Å². The number of nitrogens with zero attached hydrogens (tertiary/aromatic N) is 1. The van der Waals surface area contributed by atoms with Crippen LogP contribution in [0.25, 0.3) is 0 Å². The van der Waals surface area contributed by atoms with Crippen LogP contribution in [0.1, 0.15) is 30.9 Å². The lowest BCUT2D eigenvalue weighted by Crippen LogP contribution is -2.26. The summed E-state index contributed by atoms with van der Waals surface area (Å²) < 4.78 is 50.0. The van der Waals surface area contributed by atoms with Crippen LogP contribution in [-0.4, -0.2) is 34.4 Å². The molecule has 0 heterocycles. The second-order valence-electron chi connectivity index (χ2n) is 6.40. The Morgan fingerprint density at radius 2 is 1.48 bits per heavy atom. The molecule has 136 valence electrons. The molecule has 2 aromatic rings. The van der Waals surface area contributed by atoms with Crippen molar-refractivity contribution >= 4 is 19.9 Å². The van der Waals surface area contributed by atoms with Crippen LogP contribution in [0.15, 0.2) is 58.3 Å². The third kappa shape index (κ3) is 4.68. The number of sulfone groups is 1. The summed E-state index contributed by atoms with van der Waals surface area (Å²) in [7, 11) is -5.76. The fourth-order valence-electron chi connectivity index (χ4n) is 2.40. The van der Waals surface area contributed by atoms with Gasteiger partial charge >= 0.3 is 0 Å². The lowest BCUT2D eigenvalue weighted by Gasteiger charge is -2.18. The Hall–Kier alpha value is -1.70. The second kappa shape index (κ2) is 7.27. The third-order valence-electron chi connectivity index (χ3n) is 3.99. The molecule has 0 unspecified atom stereocenters. The molecule has 2 aromatic carbocycles. The van der Waals surface area contributed by atoms with Crippen molar-refractivity contribution in [2.24, 2.45) is 0 Å². The molecule has 0 atom stereocenters. The van der Waals surface area contributed by atoms with E-state index in [4.69, 9.17) is 0 Å². The first kappa shape index (κ1) is 19.6. The normalized spacial score (nSPS) is 12.7. The first-order valence-corrected chi connectivity index (χ1v) is 11.2. The Kier molecular flexibility index (Phi) is 5.71. The molecule has 7 heteroatoms. The van der Waals surface area contributed by atoms with Gasteiger partial charge in [0.25, 0.3) is 0 Å². The summed E-state index contributed by atoms with van der Waals surface area (Å²) in [5.74, 6) is 0.411. The van der Waals surface area contributed by atoms with Crippen molar-refractivity contribution in [3.63, 3.8) is 0 Å². The molecule has 0 aliphatic carbocycles. The van der Waals surface area contributed by atoms with Crippen molar-refractivity contribution in [3.05, 3.63) is 59.7 Å². The van der Waals surface area contributed by atoms with Gasteiger partial charge in [0.15, 0.2) is 9.84 Å². The van der Waals surface area contributed by atoms with Gasteiger partial charge < -0.3 is 0 Å². The molecule has 0 aliphatic heterocycles. The van der Waals surface area contributed by atoms with Crippen molar-refractivity contribution in [1.82, 2.24) is 4.31 Å². The summed E-state index contributed by atoms with van der Waals surface area (Å²) in [6.07, 6.45) is 1.05. The molecule has 0 bridgehead atoms. The van der Waals surface area contributed by atoms with Gasteiger partial charge in [-0.05, 0) is 35.2 Å². The monoisotopic (exact) mass is 381 g/mol. The van der Waals surface area contributed by atoms with E-state index in [1.54, 1.807) is 0 Å². The summed E-state index contributed by atoms with van der Waals surface area (Å²) in [4.78, 5) is -0.0417. The maximum Gasteiger partial charge on any atom is 0.243 e. The first-order chi connectivity index (χ1) is 11.5. The summed E-state index contributed by atoms with van der Waals surface area (Å²) in [5, 5.41) is 0. The van der Waals surface area contributed by atoms with E-state index in [1.165, 1.54) is 41.2 Å². The highest BCUT2D eigenvalue weighted by molar-refractivity contribution is 7.91. The molecular formula is C18H23NO4S2. The van der Waals surface area contributed by atoms with Gasteiger partial charge in [-0.1, -0.05) is 44.2 Å². The van der Waals surface area contributed by atoms with Crippen LogP contribution in [0.2, 0.25) is 0 Å². The highest BCUT2D eigenvalue weighted by Crippen LogP contribution is 2.21. The Bertz CT molecular complexity index is 947. The lowest BCUT2D eigenvalue weighted by molar-refractivity contribution is 0.466. The zero-order chi connectivity index (χ0) is 18.8. The van der Waals surface area contributed by atoms with Crippen LogP contribution in [0.3, 0.4) is 0 Å². The SMILES string of the molecule is CC(C)c1ccc(CN(C)S(=O)(=O)c2cccc(S(C)(=O)=O)c2)cc1. The molecule has 2 rings (SSSR count). The molecule has 0 radical (unpaired) electrons. The molecule has 0 fully saturated rings. The van der Waals surface area contributed by atoms with Gasteiger partial charge in [-0.25, -0.2) is 16.8 Å². The van der Waals surface area contributed by atoms with Gasteiger partial charge in [-0.2, -0.15) is 4.31 Å². The topological polar surface area (TPSA) is 71.5 Å². The van der Waals surface area contributed by atoms with Crippen molar-refractivity contribution in [2.45, 2.75) is 36.1 Å². The maximum absolute atomic E-state index is 12.7. The zero-order valence-corrected chi connectivity index (χ0v) is 16.4. The Morgan fingerprint density at radius 3 is 2.00 bits per heavy atom. The molecule has 0 N–H and O–H groups in total. The van der Waals surface area contributed by atoms with Crippen LogP contribution in [0.5, 0.6) is 0 Å². The standard InChI is InChI=1S/C18H23NO4S2/c1-14(2)16-10-8-15(9-11-16)13-19(3)25(22,23)18-7-5-6-17(12-18)24(4,20)21/h5-12,14H,13H2,1-4H3. The Morgan fingerprint density at radius 1 is 0.920 bits per heavy atom. The van der Waals surface area contributed by atoms with Crippen LogP contribution in [0, 0.1) is 0 Å². The van der Waals surface area contributed by atoms with Crippen LogP contribution >= 0.6 is 0 Å². The molecule has 0 saturated carbocycles. The minimum atomic E-state index is -3.78. The number of rotatable bonds is 6. The van der Waals surface area contributed by atoms with E-state index in [9.17, 15) is 16.8 Å². The average molecular weight is 382 g/mol. The Balaban J connectivity index is 2.27. The molecule has 0 amide bonds. The summed E-state index contributed by atoms with van der Waals surface area (Å²) >= 11 is 0. The maximum atomic E-state index is 12.7. The molecule has 5 nitrogen and oxygen atoms in total. The lowest BCUT2D eigenvalue weighted by atomic mass is 10.0. The minimum Gasteiger partial charge on any atom is -0.224 e. The summed E-state index contributed by atoms with van der Waals surface area (Å²) in [6.45, 7) is 4.41. The fraction of sp³-hybridized carbons (Fsp3) is 0.333. The van der Waals surface area contributed by atoms with Gasteiger partial charge in [-0.15, -0.1) is 0 Å². The van der Waals surface area contributed by atoms with Crippen LogP contribution in [-0.2, 0) is 26.4 Å². The van der Waals surface area contributed by atoms with E-state index in [0.717, 1.165) is 11.8 Å². The minimum absolute atomic E-state index is 0.0109. The predicted octanol–water partition coefficient (Wildman–Crippen LogP) is 3.03. The van der Waals surface area contributed by atoms with Crippen molar-refractivity contribution in [2.75, 3.05) is 13.3 Å². The van der Waals surface area contributed by atoms with Crippen molar-refractivity contribution in [1.29, 1.82) is 0 Å². The molecule has 25 heavy (non-hydrogen) atoms.